The van der Waals surface area contributed by atoms with Crippen molar-refractivity contribution in [2.24, 2.45) is 0 Å². The Morgan fingerprint density at radius 1 is 1.33 bits per heavy atom. The summed E-state index contributed by atoms with van der Waals surface area (Å²) in [6.07, 6.45) is 0.485. The van der Waals surface area contributed by atoms with Crippen LogP contribution < -0.4 is 11.1 Å². The van der Waals surface area contributed by atoms with Gasteiger partial charge in [-0.1, -0.05) is 6.92 Å². The average molecular weight is 269 g/mol. The zero-order valence-corrected chi connectivity index (χ0v) is 11.3. The van der Waals surface area contributed by atoms with Crippen molar-refractivity contribution in [2.45, 2.75) is 25.8 Å². The number of anilines is 1. The van der Waals surface area contributed by atoms with Crippen LogP contribution in [0.3, 0.4) is 0 Å². The zero-order valence-electron chi connectivity index (χ0n) is 10.5. The minimum atomic E-state index is -0.930. The quantitative estimate of drug-likeness (QED) is 0.633. The molecule has 98 valence electrons. The number of benzene rings is 1. The number of hydrogen-bond acceptors (Lipinski definition) is 3. The van der Waals surface area contributed by atoms with Crippen molar-refractivity contribution in [1.29, 1.82) is 0 Å². The Hall–Kier alpha value is -1.55. The fourth-order valence-electron chi connectivity index (χ4n) is 1.46. The molecule has 0 saturated carbocycles. The van der Waals surface area contributed by atoms with Gasteiger partial charge in [-0.05, 0) is 37.6 Å². The third-order valence-corrected chi connectivity index (χ3v) is 3.25. The molecule has 1 aromatic carbocycles. The van der Waals surface area contributed by atoms with Crippen LogP contribution in [0.5, 0.6) is 0 Å². The predicted octanol–water partition coefficient (Wildman–Crippen LogP) is 1.98. The van der Waals surface area contributed by atoms with Crippen LogP contribution in [0.15, 0.2) is 24.3 Å². The Kier molecular flexibility index (Phi) is 4.73. The van der Waals surface area contributed by atoms with E-state index in [2.05, 4.69) is 5.32 Å². The van der Waals surface area contributed by atoms with E-state index in [9.17, 15) is 9.59 Å². The maximum atomic E-state index is 12.0. The van der Waals surface area contributed by atoms with Gasteiger partial charge in [0.05, 0.1) is 11.4 Å². The van der Waals surface area contributed by atoms with Gasteiger partial charge in [-0.25, -0.2) is 0 Å². The van der Waals surface area contributed by atoms with Gasteiger partial charge in [0.2, 0.25) is 0 Å². The van der Waals surface area contributed by atoms with Crippen molar-refractivity contribution in [3.8, 4) is 0 Å². The van der Waals surface area contributed by atoms with Gasteiger partial charge >= 0.3 is 0 Å². The molecule has 4 nitrogen and oxygen atoms in total. The molecule has 0 saturated heterocycles. The van der Waals surface area contributed by atoms with E-state index in [1.54, 1.807) is 31.2 Å². The molecule has 1 atom stereocenters. The molecule has 0 fully saturated rings. The van der Waals surface area contributed by atoms with Gasteiger partial charge < -0.3 is 11.1 Å². The van der Waals surface area contributed by atoms with E-state index in [4.69, 9.17) is 17.3 Å². The van der Waals surface area contributed by atoms with Crippen molar-refractivity contribution in [2.75, 3.05) is 11.6 Å². The normalized spacial score (nSPS) is 13.7. The van der Waals surface area contributed by atoms with Crippen LogP contribution in [0.4, 0.5) is 5.69 Å². The predicted molar refractivity (Wildman–Crippen MR) is 72.7 cm³/mol. The second-order valence-electron chi connectivity index (χ2n) is 4.32. The minimum Gasteiger partial charge on any atom is -0.399 e. The molecule has 1 aromatic rings. The second kappa shape index (κ2) is 5.87. The number of ketones is 1. The molecule has 1 amide bonds. The summed E-state index contributed by atoms with van der Waals surface area (Å²) in [6, 6.07) is 6.51. The van der Waals surface area contributed by atoms with E-state index in [1.807, 2.05) is 6.92 Å². The Morgan fingerprint density at radius 2 is 1.89 bits per heavy atom. The SMILES string of the molecule is CCC(C)(NC(=O)c1ccc(N)cc1)C(=O)CCl. The maximum absolute atomic E-state index is 12.0. The number of halogens is 1. The Balaban J connectivity index is 2.86. The molecule has 0 heterocycles. The topological polar surface area (TPSA) is 72.2 Å². The van der Waals surface area contributed by atoms with Gasteiger partial charge in [-0.3, -0.25) is 9.59 Å². The molecule has 0 aliphatic rings. The number of carbonyl (C=O) groups is 2. The summed E-state index contributed by atoms with van der Waals surface area (Å²) in [5.41, 5.74) is 5.67. The standard InChI is InChI=1S/C13H17ClN2O2/c1-3-13(2,11(17)8-14)16-12(18)9-4-6-10(15)7-5-9/h4-7H,3,8,15H2,1-2H3,(H,16,18). The molecule has 0 radical (unpaired) electrons. The van der Waals surface area contributed by atoms with E-state index >= 15 is 0 Å². The summed E-state index contributed by atoms with van der Waals surface area (Å²) < 4.78 is 0. The first-order valence-electron chi connectivity index (χ1n) is 5.70. The van der Waals surface area contributed by atoms with Crippen LogP contribution in [0.25, 0.3) is 0 Å². The third-order valence-electron chi connectivity index (χ3n) is 3.01. The van der Waals surface area contributed by atoms with E-state index in [0.717, 1.165) is 0 Å². The maximum Gasteiger partial charge on any atom is 0.252 e. The molecular weight excluding hydrogens is 252 g/mol. The van der Waals surface area contributed by atoms with E-state index in [1.165, 1.54) is 0 Å². The summed E-state index contributed by atoms with van der Waals surface area (Å²) in [5, 5.41) is 2.72. The summed E-state index contributed by atoms with van der Waals surface area (Å²) in [7, 11) is 0. The van der Waals surface area contributed by atoms with Gasteiger partial charge in [-0.2, -0.15) is 0 Å². The highest BCUT2D eigenvalue weighted by atomic mass is 35.5. The summed E-state index contributed by atoms with van der Waals surface area (Å²) >= 11 is 5.55. The molecule has 0 aromatic heterocycles. The number of amides is 1. The second-order valence-corrected chi connectivity index (χ2v) is 4.59. The number of Topliss-reactive ketones (excluding diaryl/α,β-unsaturated/α-hetero) is 1. The van der Waals surface area contributed by atoms with Crippen molar-refractivity contribution in [1.82, 2.24) is 5.32 Å². The molecule has 5 heteroatoms. The first-order chi connectivity index (χ1) is 8.42. The lowest BCUT2D eigenvalue weighted by atomic mass is 9.93. The summed E-state index contributed by atoms with van der Waals surface area (Å²) in [6.45, 7) is 3.50. The van der Waals surface area contributed by atoms with Crippen LogP contribution in [0, 0.1) is 0 Å². The fourth-order valence-corrected chi connectivity index (χ4v) is 1.75. The average Bonchev–Trinajstić information content (AvgIpc) is 2.38. The smallest absolute Gasteiger partial charge is 0.252 e. The number of alkyl halides is 1. The van der Waals surface area contributed by atoms with Crippen molar-refractivity contribution in [3.05, 3.63) is 29.8 Å². The van der Waals surface area contributed by atoms with Crippen LogP contribution >= 0.6 is 11.6 Å². The van der Waals surface area contributed by atoms with Crippen LogP contribution in [0.1, 0.15) is 30.6 Å². The molecule has 0 spiro atoms. The highest BCUT2D eigenvalue weighted by Gasteiger charge is 2.32. The van der Waals surface area contributed by atoms with Crippen molar-refractivity contribution < 1.29 is 9.59 Å². The molecule has 1 rings (SSSR count). The van der Waals surface area contributed by atoms with Crippen molar-refractivity contribution in [3.63, 3.8) is 0 Å². The highest BCUT2D eigenvalue weighted by Crippen LogP contribution is 2.14. The number of nitrogen functional groups attached to an aromatic ring is 1. The van der Waals surface area contributed by atoms with E-state index < -0.39 is 5.54 Å². The minimum absolute atomic E-state index is 0.119. The van der Waals surface area contributed by atoms with Crippen LogP contribution in [0.2, 0.25) is 0 Å². The molecule has 18 heavy (non-hydrogen) atoms. The Labute approximate surface area is 112 Å². The third kappa shape index (κ3) is 3.23. The van der Waals surface area contributed by atoms with Crippen LogP contribution in [-0.2, 0) is 4.79 Å². The number of nitrogens with one attached hydrogen (secondary N) is 1. The first-order valence-corrected chi connectivity index (χ1v) is 6.23. The number of nitrogens with two attached hydrogens (primary N) is 1. The zero-order chi connectivity index (χ0) is 13.8. The molecule has 3 N–H and O–H groups in total. The van der Waals surface area contributed by atoms with Gasteiger partial charge in [-0.15, -0.1) is 11.6 Å². The lowest BCUT2D eigenvalue weighted by Gasteiger charge is -2.27. The lowest BCUT2D eigenvalue weighted by molar-refractivity contribution is -0.122. The number of hydrogen-bond donors (Lipinski definition) is 2. The van der Waals surface area contributed by atoms with Gasteiger partial charge in [0.1, 0.15) is 0 Å². The van der Waals surface area contributed by atoms with Crippen LogP contribution in [-0.4, -0.2) is 23.1 Å². The summed E-state index contributed by atoms with van der Waals surface area (Å²) in [4.78, 5) is 23.7. The molecular formula is C13H17ClN2O2. The summed E-state index contributed by atoms with van der Waals surface area (Å²) in [5.74, 6) is -0.625. The van der Waals surface area contributed by atoms with E-state index in [-0.39, 0.29) is 17.6 Å². The van der Waals surface area contributed by atoms with Gasteiger partial charge in [0.15, 0.2) is 5.78 Å². The first kappa shape index (κ1) is 14.5. The monoisotopic (exact) mass is 268 g/mol. The molecule has 0 aliphatic heterocycles. The number of carbonyl (C=O) groups excluding carboxylic acids is 2. The largest absolute Gasteiger partial charge is 0.399 e. The Bertz CT molecular complexity index is 445. The van der Waals surface area contributed by atoms with Gasteiger partial charge in [0.25, 0.3) is 5.91 Å². The molecule has 0 aliphatic carbocycles. The lowest BCUT2D eigenvalue weighted by Crippen LogP contribution is -2.52. The fraction of sp³-hybridized carbons (Fsp3) is 0.385. The van der Waals surface area contributed by atoms with Crippen molar-refractivity contribution >= 4 is 29.0 Å². The molecule has 0 bridgehead atoms. The van der Waals surface area contributed by atoms with Gasteiger partial charge in [0, 0.05) is 11.3 Å². The molecule has 1 unspecified atom stereocenters. The van der Waals surface area contributed by atoms with E-state index in [0.29, 0.717) is 17.7 Å². The Morgan fingerprint density at radius 3 is 2.33 bits per heavy atom. The number of rotatable bonds is 5. The highest BCUT2D eigenvalue weighted by molar-refractivity contribution is 6.29.